The molecule has 25 heavy (non-hydrogen) atoms. The third kappa shape index (κ3) is 4.37. The average molecular weight is 346 g/mol. The van der Waals surface area contributed by atoms with Crippen LogP contribution >= 0.6 is 0 Å². The number of hydrogen-bond donors (Lipinski definition) is 1. The van der Waals surface area contributed by atoms with Crippen molar-refractivity contribution in [2.75, 3.05) is 33.0 Å². The Morgan fingerprint density at radius 1 is 1.16 bits per heavy atom. The quantitative estimate of drug-likeness (QED) is 0.767. The van der Waals surface area contributed by atoms with E-state index in [0.717, 1.165) is 69.0 Å². The van der Waals surface area contributed by atoms with Gasteiger partial charge < -0.3 is 24.4 Å². The van der Waals surface area contributed by atoms with Crippen LogP contribution in [0.3, 0.4) is 0 Å². The Morgan fingerprint density at radius 3 is 2.76 bits per heavy atom. The Hall–Kier alpha value is -1.95. The van der Waals surface area contributed by atoms with E-state index in [4.69, 9.17) is 14.2 Å². The Labute approximate surface area is 148 Å². The average Bonchev–Trinajstić information content (AvgIpc) is 3.32. The maximum Gasteiger partial charge on any atom is 0.231 e. The van der Waals surface area contributed by atoms with E-state index in [1.54, 1.807) is 0 Å². The highest BCUT2D eigenvalue weighted by Crippen LogP contribution is 2.35. The van der Waals surface area contributed by atoms with Crippen LogP contribution < -0.4 is 19.5 Å². The molecule has 3 aliphatic rings. The second kappa shape index (κ2) is 7.52. The SMILES string of the molecule is O=C(NC1CC1)C1CCN(CCCOc2ccc3c(c2)OCO3)CC1. The number of carbonyl (C=O) groups excluding carboxylic acids is 1. The summed E-state index contributed by atoms with van der Waals surface area (Å²) in [6.45, 7) is 4.00. The number of carbonyl (C=O) groups is 1. The molecule has 1 saturated heterocycles. The maximum absolute atomic E-state index is 12.1. The molecule has 1 amide bonds. The maximum atomic E-state index is 12.1. The molecular weight excluding hydrogens is 320 g/mol. The normalized spacial score (nSPS) is 20.5. The van der Waals surface area contributed by atoms with Crippen LogP contribution in [-0.4, -0.2) is 49.9 Å². The highest BCUT2D eigenvalue weighted by atomic mass is 16.7. The van der Waals surface area contributed by atoms with E-state index in [1.807, 2.05) is 18.2 Å². The first-order chi connectivity index (χ1) is 12.3. The van der Waals surface area contributed by atoms with E-state index in [-0.39, 0.29) is 18.6 Å². The zero-order chi connectivity index (χ0) is 17.1. The molecule has 2 heterocycles. The molecule has 0 radical (unpaired) electrons. The van der Waals surface area contributed by atoms with Crippen molar-refractivity contribution in [2.45, 2.75) is 38.1 Å². The second-order valence-corrected chi connectivity index (χ2v) is 7.12. The van der Waals surface area contributed by atoms with Crippen molar-refractivity contribution >= 4 is 5.91 Å². The van der Waals surface area contributed by atoms with Gasteiger partial charge in [-0.05, 0) is 57.3 Å². The molecule has 1 N–H and O–H groups in total. The smallest absolute Gasteiger partial charge is 0.231 e. The van der Waals surface area contributed by atoms with Crippen LogP contribution in [0.2, 0.25) is 0 Å². The monoisotopic (exact) mass is 346 g/mol. The van der Waals surface area contributed by atoms with Gasteiger partial charge in [0.05, 0.1) is 6.61 Å². The minimum Gasteiger partial charge on any atom is -0.493 e. The van der Waals surface area contributed by atoms with Crippen molar-refractivity contribution in [2.24, 2.45) is 5.92 Å². The van der Waals surface area contributed by atoms with Gasteiger partial charge >= 0.3 is 0 Å². The predicted molar refractivity (Wildman–Crippen MR) is 93.0 cm³/mol. The van der Waals surface area contributed by atoms with E-state index in [0.29, 0.717) is 12.6 Å². The molecule has 1 aromatic rings. The van der Waals surface area contributed by atoms with Crippen LogP contribution in [0.5, 0.6) is 17.2 Å². The molecule has 1 aliphatic carbocycles. The van der Waals surface area contributed by atoms with Crippen molar-refractivity contribution in [3.05, 3.63) is 18.2 Å². The fraction of sp³-hybridized carbons (Fsp3) is 0.632. The van der Waals surface area contributed by atoms with E-state index in [9.17, 15) is 4.79 Å². The second-order valence-electron chi connectivity index (χ2n) is 7.12. The zero-order valence-corrected chi connectivity index (χ0v) is 14.5. The van der Waals surface area contributed by atoms with Gasteiger partial charge in [0.15, 0.2) is 11.5 Å². The summed E-state index contributed by atoms with van der Waals surface area (Å²) in [6, 6.07) is 6.15. The summed E-state index contributed by atoms with van der Waals surface area (Å²) in [7, 11) is 0. The molecule has 1 saturated carbocycles. The molecular formula is C19H26N2O4. The van der Waals surface area contributed by atoms with Gasteiger partial charge in [0.1, 0.15) is 5.75 Å². The third-order valence-corrected chi connectivity index (χ3v) is 5.11. The Balaban J connectivity index is 1.12. The third-order valence-electron chi connectivity index (χ3n) is 5.11. The van der Waals surface area contributed by atoms with Crippen molar-refractivity contribution in [1.29, 1.82) is 0 Å². The first-order valence-corrected chi connectivity index (χ1v) is 9.33. The molecule has 6 nitrogen and oxygen atoms in total. The minimum absolute atomic E-state index is 0.210. The number of amides is 1. The molecule has 0 atom stereocenters. The van der Waals surface area contributed by atoms with E-state index in [1.165, 1.54) is 0 Å². The molecule has 1 aromatic carbocycles. The van der Waals surface area contributed by atoms with Crippen molar-refractivity contribution in [1.82, 2.24) is 10.2 Å². The summed E-state index contributed by atoms with van der Waals surface area (Å²) in [5.74, 6) is 2.83. The Morgan fingerprint density at radius 2 is 1.96 bits per heavy atom. The highest BCUT2D eigenvalue weighted by molar-refractivity contribution is 5.79. The molecule has 0 bridgehead atoms. The lowest BCUT2D eigenvalue weighted by Crippen LogP contribution is -2.41. The minimum atomic E-state index is 0.210. The van der Waals surface area contributed by atoms with Crippen LogP contribution in [-0.2, 0) is 4.79 Å². The van der Waals surface area contributed by atoms with Gasteiger partial charge in [-0.1, -0.05) is 0 Å². The lowest BCUT2D eigenvalue weighted by molar-refractivity contribution is -0.126. The fourth-order valence-electron chi connectivity index (χ4n) is 3.41. The van der Waals surface area contributed by atoms with Gasteiger partial charge in [-0.15, -0.1) is 0 Å². The number of nitrogens with one attached hydrogen (secondary N) is 1. The summed E-state index contributed by atoms with van der Waals surface area (Å²) >= 11 is 0. The first-order valence-electron chi connectivity index (χ1n) is 9.33. The largest absolute Gasteiger partial charge is 0.493 e. The van der Waals surface area contributed by atoms with Crippen LogP contribution in [0.25, 0.3) is 0 Å². The van der Waals surface area contributed by atoms with Gasteiger partial charge in [-0.2, -0.15) is 0 Å². The van der Waals surface area contributed by atoms with Crippen molar-refractivity contribution in [3.8, 4) is 17.2 Å². The number of nitrogens with zero attached hydrogens (tertiary/aromatic N) is 1. The number of benzene rings is 1. The number of ether oxygens (including phenoxy) is 3. The van der Waals surface area contributed by atoms with Gasteiger partial charge in [0.2, 0.25) is 12.7 Å². The van der Waals surface area contributed by atoms with E-state index in [2.05, 4.69) is 10.2 Å². The van der Waals surface area contributed by atoms with Crippen molar-refractivity contribution < 1.29 is 19.0 Å². The zero-order valence-electron chi connectivity index (χ0n) is 14.5. The van der Waals surface area contributed by atoms with Gasteiger partial charge in [0.25, 0.3) is 0 Å². The van der Waals surface area contributed by atoms with Gasteiger partial charge in [-0.25, -0.2) is 0 Å². The number of fused-ring (bicyclic) bond motifs is 1. The summed E-state index contributed by atoms with van der Waals surface area (Å²) in [5.41, 5.74) is 0. The summed E-state index contributed by atoms with van der Waals surface area (Å²) < 4.78 is 16.5. The molecule has 0 spiro atoms. The lowest BCUT2D eigenvalue weighted by atomic mass is 9.96. The Bertz CT molecular complexity index is 609. The highest BCUT2D eigenvalue weighted by Gasteiger charge is 2.29. The van der Waals surface area contributed by atoms with Crippen LogP contribution in [0, 0.1) is 5.92 Å². The molecule has 0 unspecified atom stereocenters. The van der Waals surface area contributed by atoms with Crippen LogP contribution in [0.15, 0.2) is 18.2 Å². The standard InChI is InChI=1S/C19H26N2O4/c22-19(20-15-2-3-15)14-6-9-21(10-7-14)8-1-11-23-16-4-5-17-18(12-16)25-13-24-17/h4-5,12,14-15H,1-3,6-11,13H2,(H,20,22). The number of rotatable bonds is 7. The number of piperidine rings is 1. The molecule has 136 valence electrons. The first kappa shape index (κ1) is 16.5. The topological polar surface area (TPSA) is 60.0 Å². The van der Waals surface area contributed by atoms with Crippen LogP contribution in [0.4, 0.5) is 0 Å². The molecule has 0 aromatic heterocycles. The van der Waals surface area contributed by atoms with Gasteiger partial charge in [0, 0.05) is 24.6 Å². The summed E-state index contributed by atoms with van der Waals surface area (Å²) in [4.78, 5) is 14.5. The number of hydrogen-bond acceptors (Lipinski definition) is 5. The molecule has 6 heteroatoms. The van der Waals surface area contributed by atoms with Crippen molar-refractivity contribution in [3.63, 3.8) is 0 Å². The Kier molecular flexibility index (Phi) is 4.97. The molecule has 2 aliphatic heterocycles. The fourth-order valence-corrected chi connectivity index (χ4v) is 3.41. The van der Waals surface area contributed by atoms with Crippen LogP contribution in [0.1, 0.15) is 32.1 Å². The summed E-state index contributed by atoms with van der Waals surface area (Å²) in [5, 5.41) is 3.13. The predicted octanol–water partition coefficient (Wildman–Crippen LogP) is 2.17. The lowest BCUT2D eigenvalue weighted by Gasteiger charge is -2.31. The molecule has 4 rings (SSSR count). The molecule has 2 fully saturated rings. The number of likely N-dealkylation sites (tertiary alicyclic amines) is 1. The van der Waals surface area contributed by atoms with Gasteiger partial charge in [-0.3, -0.25) is 4.79 Å². The van der Waals surface area contributed by atoms with E-state index < -0.39 is 0 Å². The summed E-state index contributed by atoms with van der Waals surface area (Å²) in [6.07, 6.45) is 5.25. The van der Waals surface area contributed by atoms with E-state index >= 15 is 0 Å².